The molecule has 1 aromatic rings. The summed E-state index contributed by atoms with van der Waals surface area (Å²) in [5.41, 5.74) is 6.70. The lowest BCUT2D eigenvalue weighted by molar-refractivity contribution is -0.139. The second kappa shape index (κ2) is 9.91. The molecule has 0 aliphatic rings. The van der Waals surface area contributed by atoms with Gasteiger partial charge < -0.3 is 21.5 Å². The van der Waals surface area contributed by atoms with Gasteiger partial charge in [0.2, 0.25) is 5.91 Å². The zero-order valence-corrected chi connectivity index (χ0v) is 15.7. The molecule has 0 bridgehead atoms. The molecule has 7 nitrogen and oxygen atoms in total. The Bertz CT molecular complexity index is 621. The van der Waals surface area contributed by atoms with Crippen LogP contribution in [0.2, 0.25) is 0 Å². The minimum Gasteiger partial charge on any atom is -0.480 e. The van der Waals surface area contributed by atoms with Gasteiger partial charge in [0, 0.05) is 12.1 Å². The molecular formula is C19H29N3O4. The van der Waals surface area contributed by atoms with Gasteiger partial charge in [0.15, 0.2) is 0 Å². The van der Waals surface area contributed by atoms with Crippen LogP contribution in [0, 0.1) is 0 Å². The van der Waals surface area contributed by atoms with E-state index in [0.29, 0.717) is 31.4 Å². The van der Waals surface area contributed by atoms with Crippen molar-refractivity contribution in [2.75, 3.05) is 13.1 Å². The highest BCUT2D eigenvalue weighted by molar-refractivity contribution is 5.96. The Hall–Kier alpha value is -2.41. The van der Waals surface area contributed by atoms with E-state index in [-0.39, 0.29) is 17.9 Å². The predicted octanol–water partition coefficient (Wildman–Crippen LogP) is 1.41. The van der Waals surface area contributed by atoms with E-state index in [2.05, 4.69) is 31.4 Å². The highest BCUT2D eigenvalue weighted by Gasteiger charge is 2.21. The number of nitrogens with two attached hydrogens (primary N) is 1. The molecule has 0 unspecified atom stereocenters. The summed E-state index contributed by atoms with van der Waals surface area (Å²) >= 11 is 0. The van der Waals surface area contributed by atoms with E-state index in [0.717, 1.165) is 5.56 Å². The average molecular weight is 363 g/mol. The first-order valence-corrected chi connectivity index (χ1v) is 8.76. The molecule has 1 aromatic carbocycles. The number of carboxylic acids is 1. The summed E-state index contributed by atoms with van der Waals surface area (Å²) in [4.78, 5) is 34.7. The first-order valence-electron chi connectivity index (χ1n) is 8.76. The molecule has 0 aromatic heterocycles. The molecule has 0 aliphatic heterocycles. The quantitative estimate of drug-likeness (QED) is 0.494. The molecule has 0 spiro atoms. The lowest BCUT2D eigenvalue weighted by atomic mass is 9.86. The smallest absolute Gasteiger partial charge is 0.326 e. The van der Waals surface area contributed by atoms with E-state index in [1.54, 1.807) is 12.1 Å². The number of amides is 2. The second-order valence-corrected chi connectivity index (χ2v) is 7.24. The van der Waals surface area contributed by atoms with Gasteiger partial charge >= 0.3 is 5.97 Å². The Morgan fingerprint density at radius 2 is 1.73 bits per heavy atom. The van der Waals surface area contributed by atoms with Crippen molar-refractivity contribution in [3.8, 4) is 0 Å². The zero-order chi connectivity index (χ0) is 19.7. The van der Waals surface area contributed by atoms with Crippen LogP contribution in [0.5, 0.6) is 0 Å². The second-order valence-electron chi connectivity index (χ2n) is 7.24. The first kappa shape index (κ1) is 21.6. The summed E-state index contributed by atoms with van der Waals surface area (Å²) in [7, 11) is 0. The summed E-state index contributed by atoms with van der Waals surface area (Å²) in [6, 6.07) is 6.21. The van der Waals surface area contributed by atoms with Crippen molar-refractivity contribution in [2.45, 2.75) is 51.5 Å². The molecule has 0 radical (unpaired) electrons. The van der Waals surface area contributed by atoms with Crippen molar-refractivity contribution in [3.05, 3.63) is 35.4 Å². The minimum absolute atomic E-state index is 0.0159. The number of carbonyl (C=O) groups excluding carboxylic acids is 2. The van der Waals surface area contributed by atoms with Crippen LogP contribution in [0.15, 0.2) is 24.3 Å². The van der Waals surface area contributed by atoms with Gasteiger partial charge in [0.1, 0.15) is 6.04 Å². The van der Waals surface area contributed by atoms with E-state index < -0.39 is 17.9 Å². The van der Waals surface area contributed by atoms with Gasteiger partial charge in [0.25, 0.3) is 5.91 Å². The Kier molecular flexibility index (Phi) is 8.25. The SMILES string of the molecule is CC(C)(C)c1ccc(C(=O)N[C@@H](CCCCNC(=O)CN)C(=O)O)cc1. The number of aliphatic carboxylic acids is 1. The zero-order valence-electron chi connectivity index (χ0n) is 15.7. The first-order chi connectivity index (χ1) is 12.1. The molecule has 0 saturated heterocycles. The van der Waals surface area contributed by atoms with Crippen molar-refractivity contribution in [2.24, 2.45) is 5.73 Å². The summed E-state index contributed by atoms with van der Waals surface area (Å²) in [6.07, 6.45) is 1.47. The van der Waals surface area contributed by atoms with Crippen LogP contribution >= 0.6 is 0 Å². The number of hydrogen-bond donors (Lipinski definition) is 4. The number of carboxylic acid groups (broad SMARTS) is 1. The summed E-state index contributed by atoms with van der Waals surface area (Å²) < 4.78 is 0. The molecule has 0 heterocycles. The van der Waals surface area contributed by atoms with E-state index in [1.165, 1.54) is 0 Å². The maximum atomic E-state index is 12.3. The fourth-order valence-corrected chi connectivity index (χ4v) is 2.39. The lowest BCUT2D eigenvalue weighted by Crippen LogP contribution is -2.41. The molecule has 2 amide bonds. The standard InChI is InChI=1S/C19H29N3O4/c1-19(2,3)14-9-7-13(8-10-14)17(24)22-15(18(25)26)6-4-5-11-21-16(23)12-20/h7-10,15H,4-6,11-12,20H2,1-3H3,(H,21,23)(H,22,24)(H,25,26)/t15-/m0/s1. The van der Waals surface area contributed by atoms with Crippen molar-refractivity contribution in [1.82, 2.24) is 10.6 Å². The number of unbranched alkanes of at least 4 members (excludes halogenated alkanes) is 1. The van der Waals surface area contributed by atoms with Crippen LogP contribution in [0.1, 0.15) is 56.0 Å². The highest BCUT2D eigenvalue weighted by atomic mass is 16.4. The van der Waals surface area contributed by atoms with Crippen LogP contribution in [-0.2, 0) is 15.0 Å². The Balaban J connectivity index is 2.54. The normalized spacial score (nSPS) is 12.3. The number of carbonyl (C=O) groups is 3. The predicted molar refractivity (Wildman–Crippen MR) is 99.9 cm³/mol. The molecule has 26 heavy (non-hydrogen) atoms. The number of benzene rings is 1. The largest absolute Gasteiger partial charge is 0.480 e. The number of hydrogen-bond acceptors (Lipinski definition) is 4. The van der Waals surface area contributed by atoms with Gasteiger partial charge in [-0.15, -0.1) is 0 Å². The van der Waals surface area contributed by atoms with Gasteiger partial charge in [-0.3, -0.25) is 9.59 Å². The Labute approximate surface area is 154 Å². The fraction of sp³-hybridized carbons (Fsp3) is 0.526. The number of nitrogens with one attached hydrogen (secondary N) is 2. The topological polar surface area (TPSA) is 122 Å². The molecule has 0 aliphatic carbocycles. The summed E-state index contributed by atoms with van der Waals surface area (Å²) in [5.74, 6) is -1.73. The van der Waals surface area contributed by atoms with Crippen molar-refractivity contribution in [1.29, 1.82) is 0 Å². The van der Waals surface area contributed by atoms with Crippen LogP contribution in [0.4, 0.5) is 0 Å². The van der Waals surface area contributed by atoms with Gasteiger partial charge in [0.05, 0.1) is 6.54 Å². The molecule has 0 fully saturated rings. The van der Waals surface area contributed by atoms with Gasteiger partial charge in [-0.25, -0.2) is 4.79 Å². The lowest BCUT2D eigenvalue weighted by Gasteiger charge is -2.19. The maximum absolute atomic E-state index is 12.3. The molecule has 5 N–H and O–H groups in total. The molecule has 1 atom stereocenters. The maximum Gasteiger partial charge on any atom is 0.326 e. The summed E-state index contributed by atoms with van der Waals surface area (Å²) in [6.45, 7) is 6.61. The van der Waals surface area contributed by atoms with Crippen LogP contribution < -0.4 is 16.4 Å². The molecule has 144 valence electrons. The van der Waals surface area contributed by atoms with E-state index in [4.69, 9.17) is 5.73 Å². The van der Waals surface area contributed by atoms with Crippen LogP contribution in [0.3, 0.4) is 0 Å². The third kappa shape index (κ3) is 7.23. The third-order valence-electron chi connectivity index (χ3n) is 4.04. The molecule has 0 saturated carbocycles. The van der Waals surface area contributed by atoms with Gasteiger partial charge in [-0.05, 0) is 42.4 Å². The van der Waals surface area contributed by atoms with Crippen molar-refractivity contribution in [3.63, 3.8) is 0 Å². The molecule has 1 rings (SSSR count). The van der Waals surface area contributed by atoms with Gasteiger partial charge in [-0.2, -0.15) is 0 Å². The highest BCUT2D eigenvalue weighted by Crippen LogP contribution is 2.22. The van der Waals surface area contributed by atoms with Crippen LogP contribution in [0.25, 0.3) is 0 Å². The Morgan fingerprint density at radius 1 is 1.12 bits per heavy atom. The van der Waals surface area contributed by atoms with E-state index in [9.17, 15) is 19.5 Å². The monoisotopic (exact) mass is 363 g/mol. The van der Waals surface area contributed by atoms with E-state index >= 15 is 0 Å². The minimum atomic E-state index is -1.07. The average Bonchev–Trinajstić information content (AvgIpc) is 2.59. The summed E-state index contributed by atoms with van der Waals surface area (Å²) in [5, 5.41) is 14.5. The third-order valence-corrected chi connectivity index (χ3v) is 4.04. The van der Waals surface area contributed by atoms with Gasteiger partial charge in [-0.1, -0.05) is 32.9 Å². The Morgan fingerprint density at radius 3 is 2.23 bits per heavy atom. The molecule has 7 heteroatoms. The van der Waals surface area contributed by atoms with Crippen molar-refractivity contribution >= 4 is 17.8 Å². The van der Waals surface area contributed by atoms with E-state index in [1.807, 2.05) is 12.1 Å². The fourth-order valence-electron chi connectivity index (χ4n) is 2.39. The van der Waals surface area contributed by atoms with Crippen molar-refractivity contribution < 1.29 is 19.5 Å². The molecular weight excluding hydrogens is 334 g/mol. The number of rotatable bonds is 9. The van der Waals surface area contributed by atoms with Crippen LogP contribution in [-0.4, -0.2) is 42.0 Å².